The van der Waals surface area contributed by atoms with Crippen LogP contribution in [0.25, 0.3) is 0 Å². The van der Waals surface area contributed by atoms with E-state index in [1.54, 1.807) is 0 Å². The molecule has 1 aromatic carbocycles. The van der Waals surface area contributed by atoms with Crippen LogP contribution in [0.15, 0.2) is 12.1 Å². The number of benzene rings is 1. The molecular weight excluding hydrogens is 244 g/mol. The fourth-order valence-corrected chi connectivity index (χ4v) is 1.63. The van der Waals surface area contributed by atoms with Crippen molar-refractivity contribution in [3.63, 3.8) is 0 Å². The van der Waals surface area contributed by atoms with Crippen LogP contribution < -0.4 is 5.73 Å². The molecular formula is C9H8Cl2FNO2. The molecule has 0 heterocycles. The van der Waals surface area contributed by atoms with E-state index in [9.17, 15) is 9.18 Å². The van der Waals surface area contributed by atoms with Crippen LogP contribution >= 0.6 is 23.2 Å². The standard InChI is InChI=1S/C9H8Cl2FNO2/c10-4-1-2-5(12)8(9(4)11)6(13)3-7(14)15/h1-2,6H,3,13H2,(H,14,15). The van der Waals surface area contributed by atoms with E-state index in [4.69, 9.17) is 34.0 Å². The maximum atomic E-state index is 13.3. The third kappa shape index (κ3) is 2.81. The van der Waals surface area contributed by atoms with Gasteiger partial charge >= 0.3 is 5.97 Å². The van der Waals surface area contributed by atoms with Gasteiger partial charge in [-0.3, -0.25) is 4.79 Å². The number of carbonyl (C=O) groups is 1. The van der Waals surface area contributed by atoms with Crippen LogP contribution in [0, 0.1) is 5.82 Å². The molecule has 0 saturated heterocycles. The monoisotopic (exact) mass is 251 g/mol. The molecule has 0 amide bonds. The van der Waals surface area contributed by atoms with Crippen molar-refractivity contribution < 1.29 is 14.3 Å². The number of hydrogen-bond acceptors (Lipinski definition) is 2. The van der Waals surface area contributed by atoms with Crippen LogP contribution in [0.5, 0.6) is 0 Å². The molecule has 0 spiro atoms. The van der Waals surface area contributed by atoms with E-state index in [1.165, 1.54) is 6.07 Å². The zero-order valence-corrected chi connectivity index (χ0v) is 9.02. The Bertz CT molecular complexity index is 398. The third-order valence-electron chi connectivity index (χ3n) is 1.84. The van der Waals surface area contributed by atoms with Crippen molar-refractivity contribution in [1.82, 2.24) is 0 Å². The van der Waals surface area contributed by atoms with Gasteiger partial charge in [0.25, 0.3) is 0 Å². The minimum Gasteiger partial charge on any atom is -0.481 e. The molecule has 15 heavy (non-hydrogen) atoms. The van der Waals surface area contributed by atoms with Gasteiger partial charge in [-0.15, -0.1) is 0 Å². The van der Waals surface area contributed by atoms with Gasteiger partial charge in [-0.1, -0.05) is 23.2 Å². The van der Waals surface area contributed by atoms with Gasteiger partial charge in [0.1, 0.15) is 5.82 Å². The smallest absolute Gasteiger partial charge is 0.305 e. The van der Waals surface area contributed by atoms with Gasteiger partial charge < -0.3 is 10.8 Å². The molecule has 0 aliphatic heterocycles. The highest BCUT2D eigenvalue weighted by Crippen LogP contribution is 2.32. The number of hydrogen-bond donors (Lipinski definition) is 2. The van der Waals surface area contributed by atoms with Crippen LogP contribution in [-0.2, 0) is 4.79 Å². The summed E-state index contributed by atoms with van der Waals surface area (Å²) in [6.07, 6.45) is -0.406. The Labute approximate surface area is 95.6 Å². The molecule has 0 radical (unpaired) electrons. The molecule has 3 N–H and O–H groups in total. The maximum Gasteiger partial charge on any atom is 0.305 e. The summed E-state index contributed by atoms with van der Waals surface area (Å²) in [5, 5.41) is 8.63. The molecule has 1 aromatic rings. The topological polar surface area (TPSA) is 63.3 Å². The second-order valence-electron chi connectivity index (χ2n) is 2.96. The predicted octanol–water partition coefficient (Wildman–Crippen LogP) is 2.61. The van der Waals surface area contributed by atoms with Crippen LogP contribution in [0.4, 0.5) is 4.39 Å². The van der Waals surface area contributed by atoms with E-state index in [-0.39, 0.29) is 15.6 Å². The Morgan fingerprint density at radius 1 is 1.53 bits per heavy atom. The van der Waals surface area contributed by atoms with E-state index < -0.39 is 24.2 Å². The summed E-state index contributed by atoms with van der Waals surface area (Å²) >= 11 is 11.4. The molecule has 0 aromatic heterocycles. The first-order chi connectivity index (χ1) is 6.93. The normalized spacial score (nSPS) is 12.5. The summed E-state index contributed by atoms with van der Waals surface area (Å²) in [4.78, 5) is 10.4. The van der Waals surface area contributed by atoms with Crippen molar-refractivity contribution in [2.75, 3.05) is 0 Å². The first-order valence-electron chi connectivity index (χ1n) is 4.04. The maximum absolute atomic E-state index is 13.3. The number of carboxylic acid groups (broad SMARTS) is 1. The first kappa shape index (κ1) is 12.2. The SMILES string of the molecule is NC(CC(=O)O)c1c(F)ccc(Cl)c1Cl. The summed E-state index contributed by atoms with van der Waals surface area (Å²) < 4.78 is 13.3. The Hall–Kier alpha value is -0.840. The van der Waals surface area contributed by atoms with Gasteiger partial charge in [0, 0.05) is 11.6 Å². The van der Waals surface area contributed by atoms with Crippen molar-refractivity contribution in [3.05, 3.63) is 33.6 Å². The van der Waals surface area contributed by atoms with Crippen LogP contribution in [-0.4, -0.2) is 11.1 Å². The highest BCUT2D eigenvalue weighted by molar-refractivity contribution is 6.42. The minimum absolute atomic E-state index is 0.0367. The van der Waals surface area contributed by atoms with E-state index in [0.29, 0.717) is 0 Å². The number of carboxylic acids is 1. The lowest BCUT2D eigenvalue weighted by molar-refractivity contribution is -0.137. The number of rotatable bonds is 3. The van der Waals surface area contributed by atoms with Crippen molar-refractivity contribution in [2.45, 2.75) is 12.5 Å². The summed E-state index contributed by atoms with van der Waals surface area (Å²) in [5.74, 6) is -1.78. The molecule has 1 atom stereocenters. The molecule has 0 aliphatic rings. The fourth-order valence-electron chi connectivity index (χ4n) is 1.17. The average Bonchev–Trinajstić information content (AvgIpc) is 2.11. The molecule has 0 fully saturated rings. The largest absolute Gasteiger partial charge is 0.481 e. The fraction of sp³-hybridized carbons (Fsp3) is 0.222. The van der Waals surface area contributed by atoms with E-state index in [0.717, 1.165) is 6.07 Å². The molecule has 1 rings (SSSR count). The first-order valence-corrected chi connectivity index (χ1v) is 4.80. The second-order valence-corrected chi connectivity index (χ2v) is 3.75. The van der Waals surface area contributed by atoms with Gasteiger partial charge in [0.2, 0.25) is 0 Å². The van der Waals surface area contributed by atoms with Crippen molar-refractivity contribution >= 4 is 29.2 Å². The number of halogens is 3. The molecule has 0 bridgehead atoms. The Morgan fingerprint density at radius 2 is 2.13 bits per heavy atom. The molecule has 3 nitrogen and oxygen atoms in total. The Morgan fingerprint density at radius 3 is 2.67 bits per heavy atom. The van der Waals surface area contributed by atoms with Gasteiger partial charge in [-0.2, -0.15) is 0 Å². The quantitative estimate of drug-likeness (QED) is 0.812. The highest BCUT2D eigenvalue weighted by atomic mass is 35.5. The highest BCUT2D eigenvalue weighted by Gasteiger charge is 2.19. The van der Waals surface area contributed by atoms with Crippen LogP contribution in [0.2, 0.25) is 10.0 Å². The molecule has 1 unspecified atom stereocenters. The minimum atomic E-state index is -1.13. The lowest BCUT2D eigenvalue weighted by Gasteiger charge is -2.13. The lowest BCUT2D eigenvalue weighted by atomic mass is 10.0. The lowest BCUT2D eigenvalue weighted by Crippen LogP contribution is -2.17. The third-order valence-corrected chi connectivity index (χ3v) is 2.66. The van der Waals surface area contributed by atoms with Crippen molar-refractivity contribution in [2.24, 2.45) is 5.73 Å². The molecule has 0 aliphatic carbocycles. The predicted molar refractivity (Wildman–Crippen MR) is 55.6 cm³/mol. The van der Waals surface area contributed by atoms with Crippen LogP contribution in [0.1, 0.15) is 18.0 Å². The second kappa shape index (κ2) is 4.79. The van der Waals surface area contributed by atoms with Gasteiger partial charge in [0.15, 0.2) is 0 Å². The zero-order chi connectivity index (χ0) is 11.6. The van der Waals surface area contributed by atoms with Gasteiger partial charge in [-0.25, -0.2) is 4.39 Å². The van der Waals surface area contributed by atoms with Crippen molar-refractivity contribution in [3.8, 4) is 0 Å². The molecule has 6 heteroatoms. The van der Waals surface area contributed by atoms with Gasteiger partial charge in [0.05, 0.1) is 16.5 Å². The molecule has 0 saturated carbocycles. The average molecular weight is 252 g/mol. The van der Waals surface area contributed by atoms with E-state index >= 15 is 0 Å². The number of nitrogens with two attached hydrogens (primary N) is 1. The van der Waals surface area contributed by atoms with Crippen molar-refractivity contribution in [1.29, 1.82) is 0 Å². The number of aliphatic carboxylic acids is 1. The Balaban J connectivity index is 3.12. The summed E-state index contributed by atoms with van der Waals surface area (Å²) in [6, 6.07) is 1.38. The summed E-state index contributed by atoms with van der Waals surface area (Å²) in [7, 11) is 0. The zero-order valence-electron chi connectivity index (χ0n) is 7.51. The van der Waals surface area contributed by atoms with E-state index in [1.807, 2.05) is 0 Å². The van der Waals surface area contributed by atoms with Gasteiger partial charge in [-0.05, 0) is 12.1 Å². The summed E-state index contributed by atoms with van der Waals surface area (Å²) in [6.45, 7) is 0. The Kier molecular flexibility index (Phi) is 3.90. The van der Waals surface area contributed by atoms with Crippen LogP contribution in [0.3, 0.4) is 0 Å². The molecule has 82 valence electrons. The van der Waals surface area contributed by atoms with E-state index in [2.05, 4.69) is 0 Å². The summed E-state index contributed by atoms with van der Waals surface area (Å²) in [5.41, 5.74) is 5.44.